The summed E-state index contributed by atoms with van der Waals surface area (Å²) in [5.74, 6) is 0.853. The van der Waals surface area contributed by atoms with E-state index in [0.29, 0.717) is 17.4 Å². The molecule has 2 aromatic rings. The molecular formula is C12H16N6O. The number of H-pyrrole nitrogens is 2. The first-order chi connectivity index (χ1) is 9.16. The van der Waals surface area contributed by atoms with Crippen LogP contribution in [0.25, 0.3) is 0 Å². The van der Waals surface area contributed by atoms with Crippen molar-refractivity contribution in [1.82, 2.24) is 25.5 Å². The first-order valence-electron chi connectivity index (χ1n) is 6.30. The molecule has 19 heavy (non-hydrogen) atoms. The molecule has 3 rings (SSSR count). The minimum atomic E-state index is -0.287. The molecule has 1 fully saturated rings. The van der Waals surface area contributed by atoms with Gasteiger partial charge in [0.15, 0.2) is 5.69 Å². The predicted octanol–water partition coefficient (Wildman–Crippen LogP) is 1.08. The molecule has 5 N–H and O–H groups in total. The minimum Gasteiger partial charge on any atom is -0.395 e. The Labute approximate surface area is 110 Å². The molecule has 2 heterocycles. The van der Waals surface area contributed by atoms with Gasteiger partial charge in [-0.05, 0) is 19.8 Å². The second-order valence-electron chi connectivity index (χ2n) is 4.84. The maximum atomic E-state index is 12.1. The summed E-state index contributed by atoms with van der Waals surface area (Å²) in [7, 11) is 0. The van der Waals surface area contributed by atoms with Gasteiger partial charge in [-0.2, -0.15) is 5.10 Å². The number of anilines is 1. The molecule has 0 aromatic carbocycles. The Morgan fingerprint density at radius 3 is 3.00 bits per heavy atom. The molecular weight excluding hydrogens is 244 g/mol. The van der Waals surface area contributed by atoms with Crippen molar-refractivity contribution < 1.29 is 4.79 Å². The number of aromatic amines is 2. The largest absolute Gasteiger partial charge is 0.395 e. The number of nitrogen functional groups attached to an aromatic ring is 1. The van der Waals surface area contributed by atoms with Gasteiger partial charge in [-0.1, -0.05) is 0 Å². The van der Waals surface area contributed by atoms with Crippen molar-refractivity contribution >= 4 is 11.6 Å². The van der Waals surface area contributed by atoms with E-state index in [-0.39, 0.29) is 17.6 Å². The van der Waals surface area contributed by atoms with Crippen LogP contribution in [0.2, 0.25) is 0 Å². The molecule has 1 unspecified atom stereocenters. The Hall–Kier alpha value is -2.31. The summed E-state index contributed by atoms with van der Waals surface area (Å²) in [6, 6.07) is -0.219. The lowest BCUT2D eigenvalue weighted by atomic mass is 10.2. The third kappa shape index (κ3) is 2.18. The lowest BCUT2D eigenvalue weighted by Crippen LogP contribution is -2.28. The molecule has 1 atom stereocenters. The van der Waals surface area contributed by atoms with Crippen molar-refractivity contribution in [3.05, 3.63) is 29.6 Å². The minimum absolute atomic E-state index is 0.219. The Kier molecular flexibility index (Phi) is 2.73. The van der Waals surface area contributed by atoms with Gasteiger partial charge in [0.2, 0.25) is 0 Å². The fourth-order valence-electron chi connectivity index (χ4n) is 2.07. The van der Waals surface area contributed by atoms with E-state index in [0.717, 1.165) is 18.5 Å². The van der Waals surface area contributed by atoms with Crippen molar-refractivity contribution in [2.75, 3.05) is 5.73 Å². The molecule has 7 nitrogen and oxygen atoms in total. The normalized spacial score (nSPS) is 16.3. The maximum Gasteiger partial charge on any atom is 0.274 e. The number of imidazole rings is 1. The summed E-state index contributed by atoms with van der Waals surface area (Å²) in [5, 5.41) is 9.70. The summed E-state index contributed by atoms with van der Waals surface area (Å²) >= 11 is 0. The third-order valence-electron chi connectivity index (χ3n) is 3.31. The molecule has 0 spiro atoms. The van der Waals surface area contributed by atoms with Gasteiger partial charge in [0.05, 0.1) is 17.4 Å². The van der Waals surface area contributed by atoms with E-state index >= 15 is 0 Å². The zero-order valence-corrected chi connectivity index (χ0v) is 10.6. The Bertz CT molecular complexity index is 583. The van der Waals surface area contributed by atoms with Gasteiger partial charge < -0.3 is 16.0 Å². The lowest BCUT2D eigenvalue weighted by Gasteiger charge is -2.10. The highest BCUT2D eigenvalue weighted by Crippen LogP contribution is 2.42. The second kappa shape index (κ2) is 4.42. The van der Waals surface area contributed by atoms with Gasteiger partial charge >= 0.3 is 0 Å². The molecule has 1 aliphatic rings. The zero-order chi connectivity index (χ0) is 13.4. The number of hydrogen-bond acceptors (Lipinski definition) is 4. The molecule has 0 radical (unpaired) electrons. The van der Waals surface area contributed by atoms with E-state index in [1.54, 1.807) is 12.4 Å². The highest BCUT2D eigenvalue weighted by atomic mass is 16.2. The quantitative estimate of drug-likeness (QED) is 0.659. The standard InChI is InChI=1S/C12H16N6O/c1-6(11-14-4-5-15-11)16-12(19)10-8(13)9(17-18-10)7-2-3-7/h4-7H,2-3,13H2,1H3,(H,14,15)(H,16,19)(H,17,18). The molecule has 7 heteroatoms. The van der Waals surface area contributed by atoms with Crippen LogP contribution in [-0.2, 0) is 0 Å². The van der Waals surface area contributed by atoms with Crippen LogP contribution in [0.3, 0.4) is 0 Å². The van der Waals surface area contributed by atoms with Crippen molar-refractivity contribution in [1.29, 1.82) is 0 Å². The van der Waals surface area contributed by atoms with Crippen LogP contribution in [0.5, 0.6) is 0 Å². The molecule has 0 aliphatic heterocycles. The van der Waals surface area contributed by atoms with E-state index in [2.05, 4.69) is 25.5 Å². The highest BCUT2D eigenvalue weighted by molar-refractivity contribution is 5.97. The number of carbonyl (C=O) groups is 1. The van der Waals surface area contributed by atoms with Crippen LogP contribution in [0.4, 0.5) is 5.69 Å². The highest BCUT2D eigenvalue weighted by Gasteiger charge is 2.30. The van der Waals surface area contributed by atoms with Crippen LogP contribution < -0.4 is 11.1 Å². The smallest absolute Gasteiger partial charge is 0.274 e. The van der Waals surface area contributed by atoms with Crippen molar-refractivity contribution in [2.45, 2.75) is 31.7 Å². The van der Waals surface area contributed by atoms with E-state index in [4.69, 9.17) is 5.73 Å². The Morgan fingerprint density at radius 2 is 2.37 bits per heavy atom. The number of carbonyl (C=O) groups excluding carboxylic acids is 1. The molecule has 2 aromatic heterocycles. The number of nitrogens with one attached hydrogen (secondary N) is 3. The lowest BCUT2D eigenvalue weighted by molar-refractivity contribution is 0.0934. The molecule has 1 saturated carbocycles. The first-order valence-corrected chi connectivity index (χ1v) is 6.30. The Balaban J connectivity index is 1.73. The number of nitrogens with two attached hydrogens (primary N) is 1. The SMILES string of the molecule is CC(NC(=O)c1n[nH]c(C2CC2)c1N)c1ncc[nH]1. The number of rotatable bonds is 4. The van der Waals surface area contributed by atoms with Gasteiger partial charge in [-0.15, -0.1) is 0 Å². The summed E-state index contributed by atoms with van der Waals surface area (Å²) in [4.78, 5) is 19.2. The van der Waals surface area contributed by atoms with Gasteiger partial charge in [0.1, 0.15) is 5.82 Å². The van der Waals surface area contributed by atoms with E-state index < -0.39 is 0 Å². The maximum absolute atomic E-state index is 12.1. The van der Waals surface area contributed by atoms with Gasteiger partial charge in [-0.25, -0.2) is 4.98 Å². The van der Waals surface area contributed by atoms with Gasteiger partial charge in [-0.3, -0.25) is 9.89 Å². The predicted molar refractivity (Wildman–Crippen MR) is 69.4 cm³/mol. The fraction of sp³-hybridized carbons (Fsp3) is 0.417. The molecule has 1 aliphatic carbocycles. The number of amides is 1. The van der Waals surface area contributed by atoms with E-state index in [1.807, 2.05) is 6.92 Å². The van der Waals surface area contributed by atoms with Crippen LogP contribution in [-0.4, -0.2) is 26.1 Å². The average Bonchev–Trinajstić information content (AvgIpc) is 2.92. The van der Waals surface area contributed by atoms with Crippen molar-refractivity contribution in [2.24, 2.45) is 0 Å². The number of aromatic nitrogens is 4. The topological polar surface area (TPSA) is 112 Å². The summed E-state index contributed by atoms with van der Waals surface area (Å²) in [6.45, 7) is 1.85. The monoisotopic (exact) mass is 260 g/mol. The second-order valence-corrected chi connectivity index (χ2v) is 4.84. The van der Waals surface area contributed by atoms with Crippen LogP contribution in [0.15, 0.2) is 12.4 Å². The van der Waals surface area contributed by atoms with E-state index in [9.17, 15) is 4.79 Å². The summed E-state index contributed by atoms with van der Waals surface area (Å²) in [6.07, 6.45) is 5.57. The summed E-state index contributed by atoms with van der Waals surface area (Å²) < 4.78 is 0. The zero-order valence-electron chi connectivity index (χ0n) is 10.6. The van der Waals surface area contributed by atoms with Crippen LogP contribution in [0, 0.1) is 0 Å². The van der Waals surface area contributed by atoms with Crippen molar-refractivity contribution in [3.63, 3.8) is 0 Å². The molecule has 0 bridgehead atoms. The van der Waals surface area contributed by atoms with Crippen LogP contribution >= 0.6 is 0 Å². The Morgan fingerprint density at radius 1 is 1.58 bits per heavy atom. The number of nitrogens with zero attached hydrogens (tertiary/aromatic N) is 2. The molecule has 1 amide bonds. The number of hydrogen-bond donors (Lipinski definition) is 4. The first kappa shape index (κ1) is 11.8. The van der Waals surface area contributed by atoms with Crippen LogP contribution in [0.1, 0.15) is 53.7 Å². The summed E-state index contributed by atoms with van der Waals surface area (Å²) in [5.41, 5.74) is 7.58. The van der Waals surface area contributed by atoms with Gasteiger partial charge in [0, 0.05) is 18.3 Å². The average molecular weight is 260 g/mol. The molecule has 0 saturated heterocycles. The third-order valence-corrected chi connectivity index (χ3v) is 3.31. The van der Waals surface area contributed by atoms with Crippen molar-refractivity contribution in [3.8, 4) is 0 Å². The fourth-order valence-corrected chi connectivity index (χ4v) is 2.07. The van der Waals surface area contributed by atoms with E-state index in [1.165, 1.54) is 0 Å². The molecule has 100 valence electrons. The van der Waals surface area contributed by atoms with Gasteiger partial charge in [0.25, 0.3) is 5.91 Å².